The van der Waals surface area contributed by atoms with E-state index in [0.717, 1.165) is 0 Å². The van der Waals surface area contributed by atoms with Crippen molar-refractivity contribution in [2.24, 2.45) is 5.41 Å². The zero-order chi connectivity index (χ0) is 16.5. The largest absolute Gasteiger partial charge is 0.480 e. The van der Waals surface area contributed by atoms with Gasteiger partial charge in [0.1, 0.15) is 6.04 Å². The second kappa shape index (κ2) is 5.59. The molecule has 1 atom stereocenters. The lowest BCUT2D eigenvalue weighted by molar-refractivity contribution is -0.142. The van der Waals surface area contributed by atoms with Gasteiger partial charge in [-0.3, -0.25) is 14.7 Å². The smallest absolute Gasteiger partial charge is 0.326 e. The van der Waals surface area contributed by atoms with Crippen molar-refractivity contribution in [1.82, 2.24) is 15.5 Å². The second-order valence-corrected chi connectivity index (χ2v) is 6.06. The van der Waals surface area contributed by atoms with Crippen LogP contribution in [0.1, 0.15) is 31.3 Å². The van der Waals surface area contributed by atoms with Gasteiger partial charge in [0.05, 0.1) is 5.52 Å². The molecule has 0 spiro atoms. The molecular formula is C15H17N3O4. The number of rotatable bonds is 3. The molecule has 3 N–H and O–H groups in total. The van der Waals surface area contributed by atoms with E-state index in [9.17, 15) is 19.5 Å². The fourth-order valence-corrected chi connectivity index (χ4v) is 2.08. The number of para-hydroxylation sites is 1. The minimum Gasteiger partial charge on any atom is -0.480 e. The number of aromatic amines is 1. The number of carbonyl (C=O) groups excluding carboxylic acids is 1. The summed E-state index contributed by atoms with van der Waals surface area (Å²) >= 11 is 0. The standard InChI is InChI=1S/C15H17N3O4/c1-15(2,3)12(14(21)22)16-13(20)10-11(19)8-6-4-5-7-9(8)17-18-10/h4-7,12H,1-3H3,(H,16,20)(H,17,19)(H,21,22)/t12-/m1/s1. The Morgan fingerprint density at radius 3 is 2.50 bits per heavy atom. The summed E-state index contributed by atoms with van der Waals surface area (Å²) in [6.45, 7) is 5.05. The number of hydrogen-bond acceptors (Lipinski definition) is 4. The average molecular weight is 303 g/mol. The first-order valence-electron chi connectivity index (χ1n) is 6.73. The number of carbonyl (C=O) groups is 2. The average Bonchev–Trinajstić information content (AvgIpc) is 2.43. The minimum atomic E-state index is -1.17. The van der Waals surface area contributed by atoms with Gasteiger partial charge in [-0.15, -0.1) is 0 Å². The zero-order valence-electron chi connectivity index (χ0n) is 12.5. The molecule has 0 fully saturated rings. The molecule has 0 bridgehead atoms. The molecule has 0 aliphatic carbocycles. The molecule has 2 rings (SSSR count). The molecule has 0 aliphatic heterocycles. The molecule has 2 aromatic rings. The van der Waals surface area contributed by atoms with Crippen LogP contribution in [0.25, 0.3) is 10.9 Å². The maximum absolute atomic E-state index is 12.3. The highest BCUT2D eigenvalue weighted by Crippen LogP contribution is 2.19. The first-order chi connectivity index (χ1) is 10.2. The van der Waals surface area contributed by atoms with Crippen LogP contribution in [0.2, 0.25) is 0 Å². The molecule has 1 aromatic carbocycles. The molecular weight excluding hydrogens is 286 g/mol. The van der Waals surface area contributed by atoms with E-state index >= 15 is 0 Å². The van der Waals surface area contributed by atoms with E-state index in [4.69, 9.17) is 0 Å². The molecule has 7 nitrogen and oxygen atoms in total. The quantitative estimate of drug-likeness (QED) is 0.787. The van der Waals surface area contributed by atoms with E-state index in [0.29, 0.717) is 10.9 Å². The third-order valence-corrected chi connectivity index (χ3v) is 3.28. The molecule has 1 heterocycles. The number of nitrogens with zero attached hydrogens (tertiary/aromatic N) is 1. The van der Waals surface area contributed by atoms with Gasteiger partial charge in [0, 0.05) is 5.39 Å². The molecule has 116 valence electrons. The fourth-order valence-electron chi connectivity index (χ4n) is 2.08. The fraction of sp³-hybridized carbons (Fsp3) is 0.333. The molecule has 0 radical (unpaired) electrons. The summed E-state index contributed by atoms with van der Waals surface area (Å²) in [6.07, 6.45) is 0. The monoisotopic (exact) mass is 303 g/mol. The summed E-state index contributed by atoms with van der Waals surface area (Å²) in [5.41, 5.74) is -1.08. The van der Waals surface area contributed by atoms with Crippen LogP contribution in [0, 0.1) is 5.41 Å². The van der Waals surface area contributed by atoms with Crippen LogP contribution < -0.4 is 10.7 Å². The molecule has 0 aliphatic rings. The van der Waals surface area contributed by atoms with Crippen molar-refractivity contribution in [2.75, 3.05) is 0 Å². The number of hydrogen-bond donors (Lipinski definition) is 3. The minimum absolute atomic E-state index is 0.324. The van der Waals surface area contributed by atoms with Gasteiger partial charge in [-0.25, -0.2) is 4.79 Å². The number of nitrogens with one attached hydrogen (secondary N) is 2. The van der Waals surface area contributed by atoms with Crippen LogP contribution >= 0.6 is 0 Å². The highest BCUT2D eigenvalue weighted by atomic mass is 16.4. The Morgan fingerprint density at radius 2 is 1.91 bits per heavy atom. The van der Waals surface area contributed by atoms with Crippen molar-refractivity contribution in [3.8, 4) is 0 Å². The molecule has 0 saturated carbocycles. The third kappa shape index (κ3) is 2.98. The number of aromatic nitrogens is 2. The molecule has 1 amide bonds. The molecule has 0 unspecified atom stereocenters. The molecule has 7 heteroatoms. The molecule has 0 saturated heterocycles. The van der Waals surface area contributed by atoms with Crippen LogP contribution in [0.4, 0.5) is 0 Å². The Morgan fingerprint density at radius 1 is 1.27 bits per heavy atom. The van der Waals surface area contributed by atoms with Crippen LogP contribution in [-0.4, -0.2) is 33.2 Å². The Hall–Kier alpha value is -2.70. The van der Waals surface area contributed by atoms with E-state index < -0.39 is 28.8 Å². The Bertz CT molecular complexity index is 789. The summed E-state index contributed by atoms with van der Waals surface area (Å²) in [6, 6.07) is 5.52. The highest BCUT2D eigenvalue weighted by molar-refractivity contribution is 5.97. The zero-order valence-corrected chi connectivity index (χ0v) is 12.5. The number of carboxylic acid groups (broad SMARTS) is 1. The van der Waals surface area contributed by atoms with E-state index in [1.807, 2.05) is 0 Å². The van der Waals surface area contributed by atoms with Gasteiger partial charge in [0.2, 0.25) is 5.43 Å². The van der Waals surface area contributed by atoms with Crippen molar-refractivity contribution < 1.29 is 14.7 Å². The van der Waals surface area contributed by atoms with Crippen LogP contribution in [-0.2, 0) is 4.79 Å². The number of benzene rings is 1. The number of H-pyrrole nitrogens is 1. The van der Waals surface area contributed by atoms with E-state index in [1.165, 1.54) is 0 Å². The molecule has 22 heavy (non-hydrogen) atoms. The van der Waals surface area contributed by atoms with Crippen LogP contribution in [0.15, 0.2) is 29.1 Å². The maximum Gasteiger partial charge on any atom is 0.326 e. The van der Waals surface area contributed by atoms with Gasteiger partial charge < -0.3 is 10.4 Å². The normalized spacial score (nSPS) is 12.9. The van der Waals surface area contributed by atoms with E-state index in [2.05, 4.69) is 15.5 Å². The van der Waals surface area contributed by atoms with Gasteiger partial charge in [0.15, 0.2) is 5.69 Å². The lowest BCUT2D eigenvalue weighted by atomic mass is 9.86. The van der Waals surface area contributed by atoms with Gasteiger partial charge >= 0.3 is 5.97 Å². The Balaban J connectivity index is 2.40. The van der Waals surface area contributed by atoms with Gasteiger partial charge in [0.25, 0.3) is 5.91 Å². The predicted molar refractivity (Wildman–Crippen MR) is 80.7 cm³/mol. The predicted octanol–water partition coefficient (Wildman–Crippen LogP) is 1.15. The van der Waals surface area contributed by atoms with Crippen molar-refractivity contribution in [3.63, 3.8) is 0 Å². The summed E-state index contributed by atoms with van der Waals surface area (Å²) in [5, 5.41) is 18.3. The summed E-state index contributed by atoms with van der Waals surface area (Å²) in [5.74, 6) is -1.98. The van der Waals surface area contributed by atoms with Gasteiger partial charge in [-0.2, -0.15) is 5.10 Å². The van der Waals surface area contributed by atoms with Crippen LogP contribution in [0.5, 0.6) is 0 Å². The van der Waals surface area contributed by atoms with Gasteiger partial charge in [-0.1, -0.05) is 32.9 Å². The highest BCUT2D eigenvalue weighted by Gasteiger charge is 2.33. The van der Waals surface area contributed by atoms with Crippen LogP contribution in [0.3, 0.4) is 0 Å². The van der Waals surface area contributed by atoms with Crippen molar-refractivity contribution in [3.05, 3.63) is 40.2 Å². The van der Waals surface area contributed by atoms with Crippen molar-refractivity contribution in [1.29, 1.82) is 0 Å². The lowest BCUT2D eigenvalue weighted by Crippen LogP contribution is -2.50. The van der Waals surface area contributed by atoms with Crippen molar-refractivity contribution in [2.45, 2.75) is 26.8 Å². The topological polar surface area (TPSA) is 112 Å². The SMILES string of the molecule is CC(C)(C)[C@H](NC(=O)c1n[nH]c2ccccc2c1=O)C(=O)O. The number of aliphatic carboxylic acids is 1. The lowest BCUT2D eigenvalue weighted by Gasteiger charge is -2.27. The van der Waals surface area contributed by atoms with Crippen molar-refractivity contribution >= 4 is 22.8 Å². The van der Waals surface area contributed by atoms with Gasteiger partial charge in [-0.05, 0) is 17.5 Å². The summed E-state index contributed by atoms with van der Waals surface area (Å²) in [4.78, 5) is 35.8. The number of carboxylic acids is 1. The number of amides is 1. The second-order valence-electron chi connectivity index (χ2n) is 6.06. The third-order valence-electron chi connectivity index (χ3n) is 3.28. The summed E-state index contributed by atoms with van der Waals surface area (Å²) < 4.78 is 0. The Kier molecular flexibility index (Phi) is 3.99. The van der Waals surface area contributed by atoms with E-state index in [1.54, 1.807) is 45.0 Å². The first kappa shape index (κ1) is 15.7. The number of fused-ring (bicyclic) bond motifs is 1. The van der Waals surface area contributed by atoms with E-state index in [-0.39, 0.29) is 5.69 Å². The summed E-state index contributed by atoms with van der Waals surface area (Å²) in [7, 11) is 0. The first-order valence-corrected chi connectivity index (χ1v) is 6.73. The Labute approximate surface area is 126 Å². The maximum atomic E-state index is 12.3. The molecule has 1 aromatic heterocycles.